The highest BCUT2D eigenvalue weighted by Gasteiger charge is 2.37. The summed E-state index contributed by atoms with van der Waals surface area (Å²) in [5, 5.41) is 3.02. The molecule has 2 amide bonds. The summed E-state index contributed by atoms with van der Waals surface area (Å²) in [6, 6.07) is 6.90. The molecular weight excluding hydrogens is 463 g/mol. The van der Waals surface area contributed by atoms with Crippen LogP contribution in [0.25, 0.3) is 0 Å². The SMILES string of the molecule is C#CCN(C(=O)c1ccccc1I)C(C(=O)NC/C(C)=C/C)C1CCCCC1. The van der Waals surface area contributed by atoms with Gasteiger partial charge in [-0.15, -0.1) is 6.42 Å². The fourth-order valence-corrected chi connectivity index (χ4v) is 4.30. The fourth-order valence-electron chi connectivity index (χ4n) is 3.68. The van der Waals surface area contributed by atoms with Gasteiger partial charge in [-0.1, -0.05) is 49.0 Å². The molecule has 1 saturated carbocycles. The molecule has 1 aromatic carbocycles. The van der Waals surface area contributed by atoms with Crippen LogP contribution in [0.2, 0.25) is 0 Å². The molecule has 0 heterocycles. The lowest BCUT2D eigenvalue weighted by Crippen LogP contribution is -2.54. The van der Waals surface area contributed by atoms with E-state index in [1.54, 1.807) is 11.0 Å². The summed E-state index contributed by atoms with van der Waals surface area (Å²) in [5.74, 6) is 2.46. The standard InChI is InChI=1S/C23H29IN2O2/c1-4-15-26(23(28)19-13-9-10-14-20(19)24)21(18-11-7-6-8-12-18)22(27)25-16-17(3)5-2/h1,5,9-10,13-14,18,21H,6-8,11-12,15-16H2,2-3H3,(H,25,27)/b17-5+. The van der Waals surface area contributed by atoms with Gasteiger partial charge in [-0.2, -0.15) is 0 Å². The number of nitrogens with zero attached hydrogens (tertiary/aromatic N) is 1. The Bertz CT molecular complexity index is 760. The lowest BCUT2D eigenvalue weighted by atomic mass is 9.82. The summed E-state index contributed by atoms with van der Waals surface area (Å²) >= 11 is 2.16. The Morgan fingerprint density at radius 3 is 2.61 bits per heavy atom. The summed E-state index contributed by atoms with van der Waals surface area (Å²) in [5.41, 5.74) is 1.68. The monoisotopic (exact) mass is 492 g/mol. The normalized spacial score (nSPS) is 16.1. The molecular formula is C23H29IN2O2. The third-order valence-electron chi connectivity index (χ3n) is 5.36. The molecule has 1 aliphatic rings. The van der Waals surface area contributed by atoms with Crippen LogP contribution < -0.4 is 5.32 Å². The van der Waals surface area contributed by atoms with Gasteiger partial charge in [0.1, 0.15) is 6.04 Å². The van der Waals surface area contributed by atoms with Crippen LogP contribution in [0.15, 0.2) is 35.9 Å². The smallest absolute Gasteiger partial charge is 0.256 e. The number of amides is 2. The Kier molecular flexibility index (Phi) is 9.04. The lowest BCUT2D eigenvalue weighted by Gasteiger charge is -2.37. The third-order valence-corrected chi connectivity index (χ3v) is 6.30. The molecule has 0 aromatic heterocycles. The highest BCUT2D eigenvalue weighted by molar-refractivity contribution is 14.1. The van der Waals surface area contributed by atoms with Crippen LogP contribution in [0.4, 0.5) is 0 Å². The van der Waals surface area contributed by atoms with Gasteiger partial charge in [-0.05, 0) is 67.3 Å². The molecule has 150 valence electrons. The van der Waals surface area contributed by atoms with Crippen molar-refractivity contribution in [3.8, 4) is 12.3 Å². The van der Waals surface area contributed by atoms with E-state index in [1.807, 2.05) is 38.1 Å². The number of allylic oxidation sites excluding steroid dienone is 1. The molecule has 4 nitrogen and oxygen atoms in total. The molecule has 2 rings (SSSR count). The summed E-state index contributed by atoms with van der Waals surface area (Å²) in [6.07, 6.45) is 12.8. The van der Waals surface area contributed by atoms with Crippen LogP contribution in [0, 0.1) is 21.8 Å². The predicted octanol–water partition coefficient (Wildman–Crippen LogP) is 4.40. The molecule has 1 aliphatic carbocycles. The first-order valence-corrected chi connectivity index (χ1v) is 11.0. The van der Waals surface area contributed by atoms with Crippen LogP contribution in [0.5, 0.6) is 0 Å². The first kappa shape index (κ1) is 22.5. The number of rotatable bonds is 7. The second kappa shape index (κ2) is 11.3. The number of carbonyl (C=O) groups excluding carboxylic acids is 2. The van der Waals surface area contributed by atoms with Crippen molar-refractivity contribution in [2.75, 3.05) is 13.1 Å². The van der Waals surface area contributed by atoms with Crippen molar-refractivity contribution in [1.29, 1.82) is 0 Å². The second-order valence-corrected chi connectivity index (χ2v) is 8.47. The summed E-state index contributed by atoms with van der Waals surface area (Å²) in [6.45, 7) is 4.54. The Balaban J connectivity index is 2.35. The number of carbonyl (C=O) groups is 2. The van der Waals surface area contributed by atoms with Crippen molar-refractivity contribution >= 4 is 34.4 Å². The number of hydrogen-bond donors (Lipinski definition) is 1. The van der Waals surface area contributed by atoms with Gasteiger partial charge >= 0.3 is 0 Å². The van der Waals surface area contributed by atoms with Gasteiger partial charge in [0, 0.05) is 10.1 Å². The number of nitrogens with one attached hydrogen (secondary N) is 1. The Morgan fingerprint density at radius 1 is 1.32 bits per heavy atom. The van der Waals surface area contributed by atoms with E-state index >= 15 is 0 Å². The molecule has 1 unspecified atom stereocenters. The van der Waals surface area contributed by atoms with Crippen LogP contribution in [-0.4, -0.2) is 35.8 Å². The van der Waals surface area contributed by atoms with Gasteiger partial charge in [0.2, 0.25) is 5.91 Å². The van der Waals surface area contributed by atoms with E-state index in [0.717, 1.165) is 34.8 Å². The summed E-state index contributed by atoms with van der Waals surface area (Å²) in [4.78, 5) is 28.2. The topological polar surface area (TPSA) is 49.4 Å². The van der Waals surface area contributed by atoms with Crippen molar-refractivity contribution in [2.45, 2.75) is 52.0 Å². The van der Waals surface area contributed by atoms with E-state index in [2.05, 4.69) is 33.8 Å². The highest BCUT2D eigenvalue weighted by Crippen LogP contribution is 2.30. The largest absolute Gasteiger partial charge is 0.351 e. The summed E-state index contributed by atoms with van der Waals surface area (Å²) < 4.78 is 0.861. The van der Waals surface area contributed by atoms with E-state index in [9.17, 15) is 9.59 Å². The zero-order valence-electron chi connectivity index (χ0n) is 16.7. The molecule has 1 fully saturated rings. The maximum absolute atomic E-state index is 13.4. The van der Waals surface area contributed by atoms with Gasteiger partial charge in [0.05, 0.1) is 12.1 Å². The lowest BCUT2D eigenvalue weighted by molar-refractivity contribution is -0.127. The minimum atomic E-state index is -0.537. The minimum Gasteiger partial charge on any atom is -0.351 e. The van der Waals surface area contributed by atoms with E-state index in [-0.39, 0.29) is 24.3 Å². The average molecular weight is 492 g/mol. The van der Waals surface area contributed by atoms with E-state index < -0.39 is 6.04 Å². The quantitative estimate of drug-likeness (QED) is 0.349. The van der Waals surface area contributed by atoms with Crippen molar-refractivity contribution in [1.82, 2.24) is 10.2 Å². The Hall–Kier alpha value is -1.81. The maximum Gasteiger partial charge on any atom is 0.256 e. The van der Waals surface area contributed by atoms with Crippen LogP contribution in [0.3, 0.4) is 0 Å². The van der Waals surface area contributed by atoms with Crippen molar-refractivity contribution in [3.05, 3.63) is 45.0 Å². The first-order chi connectivity index (χ1) is 13.5. The second-order valence-electron chi connectivity index (χ2n) is 7.31. The maximum atomic E-state index is 13.4. The number of terminal acetylenes is 1. The molecule has 0 spiro atoms. The van der Waals surface area contributed by atoms with Gasteiger partial charge in [-0.25, -0.2) is 0 Å². The molecule has 1 N–H and O–H groups in total. The zero-order chi connectivity index (χ0) is 20.5. The molecule has 0 bridgehead atoms. The van der Waals surface area contributed by atoms with Crippen LogP contribution >= 0.6 is 22.6 Å². The molecule has 1 aromatic rings. The molecule has 0 saturated heterocycles. The van der Waals surface area contributed by atoms with Crippen LogP contribution in [0.1, 0.15) is 56.3 Å². The van der Waals surface area contributed by atoms with Gasteiger partial charge < -0.3 is 10.2 Å². The average Bonchev–Trinajstić information content (AvgIpc) is 2.72. The van der Waals surface area contributed by atoms with Gasteiger partial charge in [0.25, 0.3) is 5.91 Å². The third kappa shape index (κ3) is 5.84. The van der Waals surface area contributed by atoms with Crippen LogP contribution in [-0.2, 0) is 4.79 Å². The van der Waals surface area contributed by atoms with Gasteiger partial charge in [0.15, 0.2) is 0 Å². The minimum absolute atomic E-state index is 0.109. The molecule has 0 aliphatic heterocycles. The van der Waals surface area contributed by atoms with Crippen molar-refractivity contribution < 1.29 is 9.59 Å². The Labute approximate surface area is 182 Å². The molecule has 0 radical (unpaired) electrons. The number of halogens is 1. The number of hydrogen-bond acceptors (Lipinski definition) is 2. The predicted molar refractivity (Wildman–Crippen MR) is 122 cm³/mol. The number of benzene rings is 1. The molecule has 1 atom stereocenters. The van der Waals surface area contributed by atoms with E-state index in [1.165, 1.54) is 6.42 Å². The zero-order valence-corrected chi connectivity index (χ0v) is 18.9. The van der Waals surface area contributed by atoms with E-state index in [4.69, 9.17) is 6.42 Å². The first-order valence-electron chi connectivity index (χ1n) is 9.88. The van der Waals surface area contributed by atoms with E-state index in [0.29, 0.717) is 12.1 Å². The molecule has 28 heavy (non-hydrogen) atoms. The fraction of sp³-hybridized carbons (Fsp3) is 0.478. The molecule has 5 heteroatoms. The van der Waals surface area contributed by atoms with Crippen molar-refractivity contribution in [3.63, 3.8) is 0 Å². The Morgan fingerprint density at radius 2 is 2.00 bits per heavy atom. The van der Waals surface area contributed by atoms with Gasteiger partial charge in [-0.3, -0.25) is 9.59 Å². The van der Waals surface area contributed by atoms with Crippen molar-refractivity contribution in [2.24, 2.45) is 5.92 Å². The summed E-state index contributed by atoms with van der Waals surface area (Å²) in [7, 11) is 0. The highest BCUT2D eigenvalue weighted by atomic mass is 127.